The highest BCUT2D eigenvalue weighted by Crippen LogP contribution is 2.23. The average molecular weight is 423 g/mol. The zero-order chi connectivity index (χ0) is 21.1. The lowest BCUT2D eigenvalue weighted by molar-refractivity contribution is -0.122. The number of hydrogen-bond acceptors (Lipinski definition) is 4. The minimum Gasteiger partial charge on any atom is -0.484 e. The van der Waals surface area contributed by atoms with Gasteiger partial charge in [-0.1, -0.05) is 25.5 Å². The van der Waals surface area contributed by atoms with Crippen LogP contribution in [-0.2, 0) is 22.1 Å². The van der Waals surface area contributed by atoms with Gasteiger partial charge >= 0.3 is 0 Å². The van der Waals surface area contributed by atoms with E-state index in [0.29, 0.717) is 24.9 Å². The first-order chi connectivity index (χ1) is 14.0. The Morgan fingerprint density at radius 2 is 2.10 bits per heavy atom. The van der Waals surface area contributed by atoms with Crippen molar-refractivity contribution < 1.29 is 13.7 Å². The highest BCUT2D eigenvalue weighted by molar-refractivity contribution is 7.85. The first kappa shape index (κ1) is 23.2. The Hall–Kier alpha value is -2.09. The lowest BCUT2D eigenvalue weighted by Gasteiger charge is -2.30. The summed E-state index contributed by atoms with van der Waals surface area (Å²) in [6, 6.07) is 7.96. The van der Waals surface area contributed by atoms with E-state index in [1.165, 1.54) is 0 Å². The smallest absolute Gasteiger partial charge is 0.257 e. The molecule has 1 aromatic carbocycles. The monoisotopic (exact) mass is 422 g/mol. The van der Waals surface area contributed by atoms with Crippen molar-refractivity contribution in [1.29, 1.82) is 0 Å². The third kappa shape index (κ3) is 8.04. The summed E-state index contributed by atoms with van der Waals surface area (Å²) in [5, 5.41) is 9.80. The van der Waals surface area contributed by atoms with Gasteiger partial charge in [0.2, 0.25) is 0 Å². The Bertz CT molecular complexity index is 711. The predicted molar refractivity (Wildman–Crippen MR) is 119 cm³/mol. The SMILES string of the molecule is CCNC(=O)COc1cccc(CNC(=NC)NC2CCCC(S(=O)CC)C2)c1. The van der Waals surface area contributed by atoms with Gasteiger partial charge < -0.3 is 20.7 Å². The fraction of sp³-hybridized carbons (Fsp3) is 0.619. The summed E-state index contributed by atoms with van der Waals surface area (Å²) >= 11 is 0. The molecule has 0 aromatic heterocycles. The minimum atomic E-state index is -0.737. The molecular weight excluding hydrogens is 388 g/mol. The summed E-state index contributed by atoms with van der Waals surface area (Å²) in [5.41, 5.74) is 1.04. The molecule has 3 unspecified atom stereocenters. The van der Waals surface area contributed by atoms with Crippen LogP contribution in [0.1, 0.15) is 45.1 Å². The summed E-state index contributed by atoms with van der Waals surface area (Å²) in [5.74, 6) is 2.00. The summed E-state index contributed by atoms with van der Waals surface area (Å²) in [6.07, 6.45) is 4.13. The summed E-state index contributed by atoms with van der Waals surface area (Å²) < 4.78 is 17.7. The largest absolute Gasteiger partial charge is 0.484 e. The zero-order valence-electron chi connectivity index (χ0n) is 17.7. The van der Waals surface area contributed by atoms with Crippen LogP contribution in [0.4, 0.5) is 0 Å². The normalized spacial score (nSPS) is 20.6. The molecule has 29 heavy (non-hydrogen) atoms. The maximum Gasteiger partial charge on any atom is 0.257 e. The van der Waals surface area contributed by atoms with Gasteiger partial charge in [0.05, 0.1) is 0 Å². The van der Waals surface area contributed by atoms with Crippen molar-refractivity contribution in [2.45, 2.75) is 57.4 Å². The third-order valence-corrected chi connectivity index (χ3v) is 6.69. The number of nitrogens with one attached hydrogen (secondary N) is 3. The number of hydrogen-bond donors (Lipinski definition) is 3. The van der Waals surface area contributed by atoms with E-state index in [-0.39, 0.29) is 17.8 Å². The van der Waals surface area contributed by atoms with Crippen molar-refractivity contribution >= 4 is 22.7 Å². The van der Waals surface area contributed by atoms with E-state index >= 15 is 0 Å². The molecule has 7 nitrogen and oxygen atoms in total. The van der Waals surface area contributed by atoms with Gasteiger partial charge in [0.25, 0.3) is 5.91 Å². The second-order valence-electron chi connectivity index (χ2n) is 7.11. The lowest BCUT2D eigenvalue weighted by Crippen LogP contribution is -2.46. The highest BCUT2D eigenvalue weighted by atomic mass is 32.2. The van der Waals surface area contributed by atoms with Gasteiger partial charge in [-0.15, -0.1) is 0 Å². The first-order valence-corrected chi connectivity index (χ1v) is 11.8. The summed E-state index contributed by atoms with van der Waals surface area (Å²) in [7, 11) is 1.02. The molecular formula is C21H34N4O3S. The van der Waals surface area contributed by atoms with Crippen LogP contribution in [0.25, 0.3) is 0 Å². The number of aliphatic imine (C=N–C) groups is 1. The summed E-state index contributed by atoms with van der Waals surface area (Å²) in [4.78, 5) is 15.9. The molecule has 1 aromatic rings. The topological polar surface area (TPSA) is 91.8 Å². The molecule has 3 N–H and O–H groups in total. The van der Waals surface area contributed by atoms with Crippen molar-refractivity contribution in [3.05, 3.63) is 29.8 Å². The molecule has 0 heterocycles. The number of likely N-dealkylation sites (N-methyl/N-ethyl adjacent to an activating group) is 1. The number of amides is 1. The van der Waals surface area contributed by atoms with E-state index < -0.39 is 10.8 Å². The van der Waals surface area contributed by atoms with E-state index in [1.54, 1.807) is 7.05 Å². The molecule has 3 atom stereocenters. The van der Waals surface area contributed by atoms with Gasteiger partial charge in [0.1, 0.15) is 5.75 Å². The van der Waals surface area contributed by atoms with Gasteiger partial charge in [0, 0.05) is 48.0 Å². The van der Waals surface area contributed by atoms with Gasteiger partial charge in [-0.25, -0.2) is 0 Å². The molecule has 0 bridgehead atoms. The molecule has 0 saturated heterocycles. The van der Waals surface area contributed by atoms with Crippen molar-refractivity contribution in [3.8, 4) is 5.75 Å². The van der Waals surface area contributed by atoms with Crippen molar-refractivity contribution in [2.75, 3.05) is 26.0 Å². The number of nitrogens with zero attached hydrogens (tertiary/aromatic N) is 1. The van der Waals surface area contributed by atoms with Crippen LogP contribution in [0.5, 0.6) is 5.75 Å². The molecule has 1 fully saturated rings. The number of carbonyl (C=O) groups is 1. The van der Waals surface area contributed by atoms with Crippen molar-refractivity contribution in [1.82, 2.24) is 16.0 Å². The van der Waals surface area contributed by atoms with E-state index in [1.807, 2.05) is 38.1 Å². The zero-order valence-corrected chi connectivity index (χ0v) is 18.5. The second-order valence-corrected chi connectivity index (χ2v) is 9.12. The van der Waals surface area contributed by atoms with Crippen LogP contribution in [0, 0.1) is 0 Å². The molecule has 1 aliphatic carbocycles. The van der Waals surface area contributed by atoms with Crippen LogP contribution in [-0.4, -0.2) is 53.3 Å². The molecule has 1 amide bonds. The Balaban J connectivity index is 1.83. The number of guanidine groups is 1. The Labute approximate surface area is 176 Å². The molecule has 8 heteroatoms. The third-order valence-electron chi connectivity index (χ3n) is 4.95. The molecule has 0 spiro atoms. The number of rotatable bonds is 9. The van der Waals surface area contributed by atoms with Gasteiger partial charge in [-0.3, -0.25) is 14.0 Å². The molecule has 162 valence electrons. The van der Waals surface area contributed by atoms with Gasteiger partial charge in [-0.05, 0) is 43.9 Å². The Morgan fingerprint density at radius 3 is 2.83 bits per heavy atom. The second kappa shape index (κ2) is 12.5. The maximum absolute atomic E-state index is 12.1. The number of benzene rings is 1. The lowest BCUT2D eigenvalue weighted by atomic mass is 9.95. The summed E-state index contributed by atoms with van der Waals surface area (Å²) in [6.45, 7) is 5.06. The average Bonchev–Trinajstić information content (AvgIpc) is 2.75. The van der Waals surface area contributed by atoms with E-state index in [4.69, 9.17) is 4.74 Å². The van der Waals surface area contributed by atoms with Crippen LogP contribution in [0.2, 0.25) is 0 Å². The van der Waals surface area contributed by atoms with Crippen LogP contribution in [0.3, 0.4) is 0 Å². The minimum absolute atomic E-state index is 0.00984. The van der Waals surface area contributed by atoms with Crippen LogP contribution in [0.15, 0.2) is 29.3 Å². The highest BCUT2D eigenvalue weighted by Gasteiger charge is 2.26. The van der Waals surface area contributed by atoms with Gasteiger partial charge in [0.15, 0.2) is 12.6 Å². The van der Waals surface area contributed by atoms with E-state index in [2.05, 4.69) is 20.9 Å². The fourth-order valence-corrected chi connectivity index (χ4v) is 4.81. The van der Waals surface area contributed by atoms with Crippen LogP contribution >= 0.6 is 0 Å². The standard InChI is InChI=1S/C21H34N4O3S/c1-4-23-20(26)15-28-18-10-6-8-16(12-18)14-24-21(22-3)25-17-9-7-11-19(13-17)29(27)5-2/h6,8,10,12,17,19H,4-5,7,9,11,13-15H2,1-3H3,(H,23,26)(H2,22,24,25). The number of carbonyl (C=O) groups excluding carboxylic acids is 1. The van der Waals surface area contributed by atoms with E-state index in [0.717, 1.165) is 43.0 Å². The molecule has 1 aliphatic rings. The first-order valence-electron chi connectivity index (χ1n) is 10.4. The van der Waals surface area contributed by atoms with Gasteiger partial charge in [-0.2, -0.15) is 0 Å². The molecule has 0 aliphatic heterocycles. The van der Waals surface area contributed by atoms with Crippen LogP contribution < -0.4 is 20.7 Å². The molecule has 0 radical (unpaired) electrons. The van der Waals surface area contributed by atoms with E-state index in [9.17, 15) is 9.00 Å². The quantitative estimate of drug-likeness (QED) is 0.418. The Morgan fingerprint density at radius 1 is 1.28 bits per heavy atom. The number of ether oxygens (including phenoxy) is 1. The fourth-order valence-electron chi connectivity index (χ4n) is 3.47. The molecule has 2 rings (SSSR count). The van der Waals surface area contributed by atoms with Crippen molar-refractivity contribution in [2.24, 2.45) is 4.99 Å². The molecule has 1 saturated carbocycles. The maximum atomic E-state index is 12.1. The predicted octanol–water partition coefficient (Wildman–Crippen LogP) is 1.95. The Kier molecular flexibility index (Phi) is 9.97. The van der Waals surface area contributed by atoms with Crippen molar-refractivity contribution in [3.63, 3.8) is 0 Å².